The van der Waals surface area contributed by atoms with Gasteiger partial charge in [0.1, 0.15) is 0 Å². The average Bonchev–Trinajstić information content (AvgIpc) is 2.39. The van der Waals surface area contributed by atoms with Crippen molar-refractivity contribution in [2.75, 3.05) is 6.54 Å². The van der Waals surface area contributed by atoms with Crippen LogP contribution in [0.1, 0.15) is 56.9 Å². The largest absolute Gasteiger partial charge is 0.330 e. The van der Waals surface area contributed by atoms with Gasteiger partial charge in [0.2, 0.25) is 0 Å². The second-order valence-corrected chi connectivity index (χ2v) is 5.91. The van der Waals surface area contributed by atoms with Crippen LogP contribution >= 0.6 is 15.9 Å². The molecule has 0 spiro atoms. The minimum atomic E-state index is 0.854. The highest BCUT2D eigenvalue weighted by atomic mass is 79.9. The van der Waals surface area contributed by atoms with E-state index in [0.717, 1.165) is 6.54 Å². The Bertz CT molecular complexity index is 294. The molecule has 1 aromatic rings. The van der Waals surface area contributed by atoms with Gasteiger partial charge >= 0.3 is 0 Å². The Balaban J connectivity index is 1.91. The lowest BCUT2D eigenvalue weighted by Crippen LogP contribution is -1.97. The maximum atomic E-state index is 5.47. The number of hydrogen-bond donors (Lipinski definition) is 1. The molecule has 0 saturated carbocycles. The van der Waals surface area contributed by atoms with Crippen LogP contribution in [0.5, 0.6) is 0 Å². The smallest absolute Gasteiger partial charge is 0.0175 e. The van der Waals surface area contributed by atoms with Gasteiger partial charge in [-0.05, 0) is 43.5 Å². The topological polar surface area (TPSA) is 26.0 Å². The summed E-state index contributed by atoms with van der Waals surface area (Å²) in [5.41, 5.74) is 6.93. The van der Waals surface area contributed by atoms with Crippen molar-refractivity contribution in [2.24, 2.45) is 5.73 Å². The molecule has 0 saturated heterocycles. The lowest BCUT2D eigenvalue weighted by atomic mass is 10.0. The molecule has 18 heavy (non-hydrogen) atoms. The Hall–Kier alpha value is -0.340. The highest BCUT2D eigenvalue weighted by Gasteiger charge is 1.95. The Labute approximate surface area is 120 Å². The number of aryl methyl sites for hydroxylation is 1. The number of hydrogen-bond acceptors (Lipinski definition) is 1. The van der Waals surface area contributed by atoms with Crippen molar-refractivity contribution in [1.82, 2.24) is 0 Å². The molecule has 0 aromatic heterocycles. The summed E-state index contributed by atoms with van der Waals surface area (Å²) in [7, 11) is 0. The fourth-order valence-electron chi connectivity index (χ4n) is 2.19. The highest BCUT2D eigenvalue weighted by molar-refractivity contribution is 9.10. The van der Waals surface area contributed by atoms with E-state index in [1.807, 2.05) is 0 Å². The molecule has 2 heteroatoms. The zero-order chi connectivity index (χ0) is 13.1. The molecule has 0 bridgehead atoms. The third-order valence-corrected chi connectivity index (χ3v) is 3.86. The molecule has 0 radical (unpaired) electrons. The Morgan fingerprint density at radius 1 is 0.722 bits per heavy atom. The third kappa shape index (κ3) is 7.88. The van der Waals surface area contributed by atoms with Gasteiger partial charge in [-0.15, -0.1) is 0 Å². The second kappa shape index (κ2) is 10.6. The van der Waals surface area contributed by atoms with Crippen LogP contribution in [-0.4, -0.2) is 6.54 Å². The first-order valence-corrected chi connectivity index (χ1v) is 8.07. The Kier molecular flexibility index (Phi) is 9.23. The van der Waals surface area contributed by atoms with Crippen molar-refractivity contribution >= 4 is 15.9 Å². The van der Waals surface area contributed by atoms with Crippen LogP contribution in [0.3, 0.4) is 0 Å². The lowest BCUT2D eigenvalue weighted by Gasteiger charge is -2.03. The molecule has 0 unspecified atom stereocenters. The maximum Gasteiger partial charge on any atom is 0.0175 e. The molecule has 0 fully saturated rings. The van der Waals surface area contributed by atoms with Gasteiger partial charge in [0.15, 0.2) is 0 Å². The molecule has 0 aliphatic carbocycles. The highest BCUT2D eigenvalue weighted by Crippen LogP contribution is 2.14. The first-order chi connectivity index (χ1) is 8.83. The third-order valence-electron chi connectivity index (χ3n) is 3.33. The quantitative estimate of drug-likeness (QED) is 0.600. The fourth-order valence-corrected chi connectivity index (χ4v) is 2.45. The summed E-state index contributed by atoms with van der Waals surface area (Å²) in [5, 5.41) is 0. The van der Waals surface area contributed by atoms with Crippen LogP contribution < -0.4 is 5.73 Å². The number of rotatable bonds is 10. The van der Waals surface area contributed by atoms with Crippen molar-refractivity contribution in [3.8, 4) is 0 Å². The molecule has 0 aliphatic heterocycles. The average molecular weight is 312 g/mol. The van der Waals surface area contributed by atoms with Gasteiger partial charge in [0.05, 0.1) is 0 Å². The van der Waals surface area contributed by atoms with Crippen LogP contribution in [0.25, 0.3) is 0 Å². The van der Waals surface area contributed by atoms with Crippen LogP contribution in [0.2, 0.25) is 0 Å². The van der Waals surface area contributed by atoms with E-state index in [1.54, 1.807) is 0 Å². The predicted molar refractivity (Wildman–Crippen MR) is 83.8 cm³/mol. The minimum absolute atomic E-state index is 0.854. The molecule has 1 aromatic carbocycles. The maximum absolute atomic E-state index is 5.47. The van der Waals surface area contributed by atoms with Gasteiger partial charge < -0.3 is 5.73 Å². The monoisotopic (exact) mass is 311 g/mol. The van der Waals surface area contributed by atoms with E-state index in [-0.39, 0.29) is 0 Å². The minimum Gasteiger partial charge on any atom is -0.330 e. The molecular weight excluding hydrogens is 286 g/mol. The Morgan fingerprint density at radius 3 is 1.78 bits per heavy atom. The van der Waals surface area contributed by atoms with Gasteiger partial charge in [-0.1, -0.05) is 66.6 Å². The van der Waals surface area contributed by atoms with Gasteiger partial charge in [-0.3, -0.25) is 0 Å². The summed E-state index contributed by atoms with van der Waals surface area (Å²) in [6.07, 6.45) is 12.0. The Morgan fingerprint density at radius 2 is 1.22 bits per heavy atom. The van der Waals surface area contributed by atoms with Gasteiger partial charge in [0, 0.05) is 4.47 Å². The summed E-state index contributed by atoms with van der Waals surface area (Å²) in [6.45, 7) is 0.854. The zero-order valence-electron chi connectivity index (χ0n) is 11.3. The predicted octanol–water partition coefficient (Wildman–Crippen LogP) is 5.07. The van der Waals surface area contributed by atoms with E-state index in [1.165, 1.54) is 67.8 Å². The van der Waals surface area contributed by atoms with Gasteiger partial charge in [-0.25, -0.2) is 0 Å². The van der Waals surface area contributed by atoms with E-state index in [0.29, 0.717) is 0 Å². The van der Waals surface area contributed by atoms with E-state index < -0.39 is 0 Å². The van der Waals surface area contributed by atoms with Crippen molar-refractivity contribution in [2.45, 2.75) is 57.8 Å². The van der Waals surface area contributed by atoms with E-state index in [2.05, 4.69) is 40.2 Å². The van der Waals surface area contributed by atoms with E-state index in [9.17, 15) is 0 Å². The summed E-state index contributed by atoms with van der Waals surface area (Å²) in [6, 6.07) is 8.70. The van der Waals surface area contributed by atoms with Crippen molar-refractivity contribution in [3.05, 3.63) is 34.3 Å². The van der Waals surface area contributed by atoms with Gasteiger partial charge in [0.25, 0.3) is 0 Å². The number of nitrogens with two attached hydrogens (primary N) is 1. The summed E-state index contributed by atoms with van der Waals surface area (Å²) in [5.74, 6) is 0. The molecule has 1 rings (SSSR count). The van der Waals surface area contributed by atoms with Crippen LogP contribution in [-0.2, 0) is 6.42 Å². The first kappa shape index (κ1) is 15.7. The van der Waals surface area contributed by atoms with Crippen molar-refractivity contribution < 1.29 is 0 Å². The summed E-state index contributed by atoms with van der Waals surface area (Å²) in [4.78, 5) is 0. The lowest BCUT2D eigenvalue weighted by molar-refractivity contribution is 0.570. The van der Waals surface area contributed by atoms with Gasteiger partial charge in [-0.2, -0.15) is 0 Å². The molecule has 102 valence electrons. The molecule has 0 aliphatic rings. The van der Waals surface area contributed by atoms with E-state index >= 15 is 0 Å². The number of halogens is 1. The molecule has 0 atom stereocenters. The van der Waals surface area contributed by atoms with Crippen molar-refractivity contribution in [1.29, 1.82) is 0 Å². The molecule has 1 nitrogen and oxygen atoms in total. The fraction of sp³-hybridized carbons (Fsp3) is 0.625. The normalized spacial score (nSPS) is 10.8. The first-order valence-electron chi connectivity index (χ1n) is 7.27. The summed E-state index contributed by atoms with van der Waals surface area (Å²) < 4.78 is 1.17. The number of benzene rings is 1. The van der Waals surface area contributed by atoms with Crippen LogP contribution in [0.15, 0.2) is 28.7 Å². The SMILES string of the molecule is NCCCCCCCCCCc1ccc(Br)cc1. The standard InChI is InChI=1S/C16H26BrN/c17-16-12-10-15(11-13-16)9-7-5-3-1-2-4-6-8-14-18/h10-13H,1-9,14,18H2. The zero-order valence-corrected chi connectivity index (χ0v) is 12.9. The molecule has 0 heterocycles. The van der Waals surface area contributed by atoms with Crippen LogP contribution in [0, 0.1) is 0 Å². The second-order valence-electron chi connectivity index (χ2n) is 4.99. The summed E-state index contributed by atoms with van der Waals surface area (Å²) >= 11 is 3.47. The van der Waals surface area contributed by atoms with E-state index in [4.69, 9.17) is 5.73 Å². The molecule has 0 amide bonds. The van der Waals surface area contributed by atoms with Crippen molar-refractivity contribution in [3.63, 3.8) is 0 Å². The molecular formula is C16H26BrN. The van der Waals surface area contributed by atoms with Crippen LogP contribution in [0.4, 0.5) is 0 Å². The number of unbranched alkanes of at least 4 members (excludes halogenated alkanes) is 7. The molecule has 2 N–H and O–H groups in total.